The van der Waals surface area contributed by atoms with E-state index >= 15 is 0 Å². The van der Waals surface area contributed by atoms with Crippen LogP contribution in [0.1, 0.15) is 0 Å². The van der Waals surface area contributed by atoms with Crippen LogP contribution in [0.3, 0.4) is 0 Å². The molecule has 0 saturated heterocycles. The highest BCUT2D eigenvalue weighted by Crippen LogP contribution is 2.46. The maximum Gasteiger partial charge on any atom is 0.160 e. The van der Waals surface area contributed by atoms with Crippen molar-refractivity contribution in [1.82, 2.24) is 23.7 Å². The summed E-state index contributed by atoms with van der Waals surface area (Å²) >= 11 is 0. The molecule has 12 rings (SSSR count). The summed E-state index contributed by atoms with van der Waals surface area (Å²) in [6, 6.07) is 75.4. The van der Waals surface area contributed by atoms with E-state index < -0.39 is 0 Å². The predicted octanol–water partition coefficient (Wildman–Crippen LogP) is 13.6. The summed E-state index contributed by atoms with van der Waals surface area (Å²) in [5, 5.41) is 4.80. The molecule has 276 valence electrons. The number of fused-ring (bicyclic) bond motifs is 9. The molecule has 0 aliphatic heterocycles. The van der Waals surface area contributed by atoms with Crippen molar-refractivity contribution in [2.24, 2.45) is 0 Å². The minimum Gasteiger partial charge on any atom is -0.309 e. The molecule has 0 unspecified atom stereocenters. The molecule has 8 aromatic carbocycles. The minimum absolute atomic E-state index is 0.697. The molecule has 0 fully saturated rings. The van der Waals surface area contributed by atoms with Crippen LogP contribution in [0.4, 0.5) is 0 Å². The molecule has 59 heavy (non-hydrogen) atoms. The molecule has 5 heteroatoms. The fourth-order valence-electron chi connectivity index (χ4n) is 9.11. The number of aromatic nitrogens is 5. The van der Waals surface area contributed by atoms with Gasteiger partial charge in [-0.15, -0.1) is 0 Å². The normalized spacial score (nSPS) is 11.7. The average Bonchev–Trinajstić information content (AvgIpc) is 3.95. The molecular weight excluding hydrogens is 719 g/mol. The van der Waals surface area contributed by atoms with Crippen LogP contribution in [-0.2, 0) is 0 Å². The zero-order valence-corrected chi connectivity index (χ0v) is 31.9. The number of hydrogen-bond donors (Lipinski definition) is 0. The van der Waals surface area contributed by atoms with E-state index in [4.69, 9.17) is 9.97 Å². The summed E-state index contributed by atoms with van der Waals surface area (Å²) in [7, 11) is 0. The fourth-order valence-corrected chi connectivity index (χ4v) is 9.11. The molecule has 4 heterocycles. The van der Waals surface area contributed by atoms with Crippen molar-refractivity contribution in [2.45, 2.75) is 0 Å². The lowest BCUT2D eigenvalue weighted by molar-refractivity contribution is 1.16. The molecule has 0 N–H and O–H groups in total. The Morgan fingerprint density at radius 2 is 0.797 bits per heavy atom. The van der Waals surface area contributed by atoms with E-state index in [1.165, 1.54) is 43.6 Å². The van der Waals surface area contributed by atoms with Crippen molar-refractivity contribution in [2.75, 3.05) is 0 Å². The van der Waals surface area contributed by atoms with Gasteiger partial charge in [-0.3, -0.25) is 0 Å². The third-order valence-electron chi connectivity index (χ3n) is 11.6. The maximum absolute atomic E-state index is 5.24. The van der Waals surface area contributed by atoms with Crippen molar-refractivity contribution >= 4 is 54.6 Å². The second-order valence-corrected chi connectivity index (χ2v) is 15.0. The van der Waals surface area contributed by atoms with Gasteiger partial charge in [-0.1, -0.05) is 146 Å². The maximum atomic E-state index is 5.24. The van der Waals surface area contributed by atoms with Crippen molar-refractivity contribution in [1.29, 1.82) is 0 Å². The van der Waals surface area contributed by atoms with Crippen LogP contribution in [0.15, 0.2) is 212 Å². The monoisotopic (exact) mass is 753 g/mol. The molecule has 0 aliphatic carbocycles. The second-order valence-electron chi connectivity index (χ2n) is 15.0. The molecule has 0 radical (unpaired) electrons. The topological polar surface area (TPSA) is 40.6 Å². The summed E-state index contributed by atoms with van der Waals surface area (Å²) in [6.45, 7) is 0. The first-order valence-electron chi connectivity index (χ1n) is 20.0. The van der Waals surface area contributed by atoms with E-state index in [0.717, 1.165) is 56.2 Å². The molecule has 0 bridgehead atoms. The Balaban J connectivity index is 1.21. The first kappa shape index (κ1) is 33.2. The summed E-state index contributed by atoms with van der Waals surface area (Å²) in [5.74, 6) is 0.697. The summed E-state index contributed by atoms with van der Waals surface area (Å²) in [5.41, 5.74) is 15.1. The second kappa shape index (κ2) is 13.3. The van der Waals surface area contributed by atoms with Crippen LogP contribution in [0, 0.1) is 0 Å². The summed E-state index contributed by atoms with van der Waals surface area (Å²) in [4.78, 5) is 10.3. The van der Waals surface area contributed by atoms with Gasteiger partial charge >= 0.3 is 0 Å². The van der Waals surface area contributed by atoms with Crippen LogP contribution in [-0.4, -0.2) is 23.7 Å². The van der Waals surface area contributed by atoms with Crippen LogP contribution in [0.25, 0.3) is 106 Å². The zero-order chi connectivity index (χ0) is 38.9. The molecule has 0 aliphatic rings. The van der Waals surface area contributed by atoms with Gasteiger partial charge in [0.15, 0.2) is 5.82 Å². The lowest BCUT2D eigenvalue weighted by atomic mass is 10.1. The number of hydrogen-bond acceptors (Lipinski definition) is 2. The van der Waals surface area contributed by atoms with E-state index in [2.05, 4.69) is 202 Å². The molecule has 0 amide bonds. The standard InChI is InChI=1S/C54H35N5/c1-5-18-36(19-6-1)45-35-46(56-54(55-45)37-20-7-2-8-21-37)38-22-17-27-41(34-38)59-51-44(53-52(59)43-29-14-16-31-48(43)58(53)40-25-11-4-12-26-40)32-33-49-50(51)42-28-13-15-30-47(42)57(49)39-23-9-3-10-24-39/h1-35H. The Morgan fingerprint density at radius 1 is 0.288 bits per heavy atom. The Hall–Kier alpha value is -8.02. The van der Waals surface area contributed by atoms with E-state index in [9.17, 15) is 0 Å². The van der Waals surface area contributed by atoms with Crippen molar-refractivity contribution in [3.8, 4) is 51.0 Å². The highest BCUT2D eigenvalue weighted by atomic mass is 15.1. The van der Waals surface area contributed by atoms with Gasteiger partial charge in [-0.05, 0) is 66.7 Å². The van der Waals surface area contributed by atoms with Gasteiger partial charge in [0, 0.05) is 55.3 Å². The Morgan fingerprint density at radius 3 is 1.49 bits per heavy atom. The third-order valence-corrected chi connectivity index (χ3v) is 11.6. The van der Waals surface area contributed by atoms with Gasteiger partial charge in [0.05, 0.1) is 44.5 Å². The Kier molecular flexibility index (Phi) is 7.47. The van der Waals surface area contributed by atoms with E-state index in [1.807, 2.05) is 24.3 Å². The number of benzene rings is 8. The van der Waals surface area contributed by atoms with E-state index in [-0.39, 0.29) is 0 Å². The van der Waals surface area contributed by atoms with E-state index in [0.29, 0.717) is 5.82 Å². The van der Waals surface area contributed by atoms with Gasteiger partial charge in [-0.2, -0.15) is 0 Å². The molecule has 12 aromatic rings. The smallest absolute Gasteiger partial charge is 0.160 e. The molecule has 4 aromatic heterocycles. The Labute approximate surface area is 340 Å². The SMILES string of the molecule is c1ccc(-c2cc(-c3cccc(-n4c5c(ccc6c5c5ccccc5n6-c5ccccc5)c5c4c4ccccc4n5-c4ccccc4)c3)nc(-c3ccccc3)n2)cc1. The molecule has 0 spiro atoms. The molecule has 5 nitrogen and oxygen atoms in total. The highest BCUT2D eigenvalue weighted by Gasteiger charge is 2.26. The van der Waals surface area contributed by atoms with Gasteiger partial charge < -0.3 is 13.7 Å². The van der Waals surface area contributed by atoms with Gasteiger partial charge in [0.1, 0.15) is 0 Å². The average molecular weight is 754 g/mol. The first-order valence-corrected chi connectivity index (χ1v) is 20.0. The molecular formula is C54H35N5. The fraction of sp³-hybridized carbons (Fsp3) is 0. The van der Waals surface area contributed by atoms with Crippen molar-refractivity contribution < 1.29 is 0 Å². The van der Waals surface area contributed by atoms with Gasteiger partial charge in [-0.25, -0.2) is 9.97 Å². The number of rotatable bonds is 6. The van der Waals surface area contributed by atoms with E-state index in [1.54, 1.807) is 0 Å². The Bertz CT molecular complexity index is 3470. The highest BCUT2D eigenvalue weighted by molar-refractivity contribution is 6.29. The van der Waals surface area contributed by atoms with Crippen LogP contribution in [0.2, 0.25) is 0 Å². The predicted molar refractivity (Wildman–Crippen MR) is 244 cm³/mol. The zero-order valence-electron chi connectivity index (χ0n) is 31.9. The van der Waals surface area contributed by atoms with Crippen molar-refractivity contribution in [3.63, 3.8) is 0 Å². The van der Waals surface area contributed by atoms with Crippen LogP contribution in [0.5, 0.6) is 0 Å². The molecule has 0 saturated carbocycles. The van der Waals surface area contributed by atoms with Gasteiger partial charge in [0.2, 0.25) is 0 Å². The molecule has 0 atom stereocenters. The first-order chi connectivity index (χ1) is 29.3. The lowest BCUT2D eigenvalue weighted by Crippen LogP contribution is -1.98. The number of nitrogens with zero attached hydrogens (tertiary/aromatic N) is 5. The van der Waals surface area contributed by atoms with Crippen LogP contribution < -0.4 is 0 Å². The van der Waals surface area contributed by atoms with Crippen LogP contribution >= 0.6 is 0 Å². The van der Waals surface area contributed by atoms with Crippen molar-refractivity contribution in [3.05, 3.63) is 212 Å². The minimum atomic E-state index is 0.697. The quantitative estimate of drug-likeness (QED) is 0.170. The largest absolute Gasteiger partial charge is 0.309 e. The third kappa shape index (κ3) is 5.18. The van der Waals surface area contributed by atoms with Gasteiger partial charge in [0.25, 0.3) is 0 Å². The summed E-state index contributed by atoms with van der Waals surface area (Å²) < 4.78 is 7.36. The number of para-hydroxylation sites is 4. The summed E-state index contributed by atoms with van der Waals surface area (Å²) in [6.07, 6.45) is 0. The lowest BCUT2D eigenvalue weighted by Gasteiger charge is -2.13.